The molecular formula is C19H21N5O2S2. The van der Waals surface area contributed by atoms with E-state index in [4.69, 9.17) is 10.5 Å². The van der Waals surface area contributed by atoms with Crippen LogP contribution in [0, 0.1) is 22.7 Å². The summed E-state index contributed by atoms with van der Waals surface area (Å²) in [6.07, 6.45) is 4.65. The van der Waals surface area contributed by atoms with E-state index in [2.05, 4.69) is 4.98 Å². The first-order chi connectivity index (χ1) is 13.6. The van der Waals surface area contributed by atoms with Crippen LogP contribution in [0.4, 0.5) is 0 Å². The Morgan fingerprint density at radius 2 is 1.93 bits per heavy atom. The molecule has 146 valence electrons. The van der Waals surface area contributed by atoms with Crippen molar-refractivity contribution in [3.63, 3.8) is 0 Å². The van der Waals surface area contributed by atoms with Crippen molar-refractivity contribution in [3.8, 4) is 12.1 Å². The van der Waals surface area contributed by atoms with Crippen molar-refractivity contribution in [2.45, 2.75) is 43.7 Å². The number of carbonyl (C=O) groups is 1. The van der Waals surface area contributed by atoms with E-state index >= 15 is 0 Å². The summed E-state index contributed by atoms with van der Waals surface area (Å²) in [6.45, 7) is 0.612. The number of carbonyl (C=O) groups excluding carboxylic acids is 1. The number of nitriles is 2. The number of aromatic nitrogens is 2. The highest BCUT2D eigenvalue weighted by molar-refractivity contribution is 7.99. The van der Waals surface area contributed by atoms with Crippen LogP contribution < -0.4 is 5.56 Å². The first-order valence-corrected chi connectivity index (χ1v) is 11.0. The van der Waals surface area contributed by atoms with E-state index in [1.807, 2.05) is 12.1 Å². The molecule has 0 bridgehead atoms. The molecule has 0 fully saturated rings. The van der Waals surface area contributed by atoms with Crippen LogP contribution in [0.1, 0.15) is 36.1 Å². The van der Waals surface area contributed by atoms with Crippen LogP contribution in [0.5, 0.6) is 0 Å². The smallest absolute Gasteiger partial charge is 0.262 e. The van der Waals surface area contributed by atoms with Crippen LogP contribution in [-0.4, -0.2) is 39.2 Å². The molecule has 1 aliphatic rings. The van der Waals surface area contributed by atoms with Gasteiger partial charge in [0, 0.05) is 25.0 Å². The lowest BCUT2D eigenvalue weighted by Crippen LogP contribution is -2.34. The molecule has 1 amide bonds. The first kappa shape index (κ1) is 20.4. The Bertz CT molecular complexity index is 1010. The van der Waals surface area contributed by atoms with Crippen LogP contribution in [0.2, 0.25) is 0 Å². The lowest BCUT2D eigenvalue weighted by atomic mass is 9.97. The fourth-order valence-corrected chi connectivity index (χ4v) is 5.52. The maximum atomic E-state index is 12.9. The molecule has 3 rings (SSSR count). The minimum Gasteiger partial charge on any atom is -0.340 e. The summed E-state index contributed by atoms with van der Waals surface area (Å²) in [5.74, 6) is -0.0383. The minimum atomic E-state index is -0.157. The van der Waals surface area contributed by atoms with Gasteiger partial charge in [0.1, 0.15) is 4.83 Å². The SMILES string of the molecule is Cn1c(SCC(=O)N(CCC#N)CCC#N)nc2sc3c(c2c1=O)CCCC3. The van der Waals surface area contributed by atoms with Gasteiger partial charge in [-0.15, -0.1) is 11.3 Å². The van der Waals surface area contributed by atoms with Gasteiger partial charge in [-0.2, -0.15) is 10.5 Å². The van der Waals surface area contributed by atoms with E-state index in [9.17, 15) is 9.59 Å². The van der Waals surface area contributed by atoms with E-state index in [1.54, 1.807) is 18.4 Å². The van der Waals surface area contributed by atoms with Gasteiger partial charge in [0.15, 0.2) is 5.16 Å². The fourth-order valence-electron chi connectivity index (χ4n) is 3.35. The van der Waals surface area contributed by atoms with Gasteiger partial charge in [0.05, 0.1) is 36.1 Å². The molecule has 7 nitrogen and oxygen atoms in total. The standard InChI is InChI=1S/C19H21N5O2S2/c1-23-18(26)16-13-6-2-3-7-14(13)28-17(16)22-19(23)27-12-15(25)24(10-4-8-20)11-5-9-21/h2-7,10-12H2,1H3. The van der Waals surface area contributed by atoms with Gasteiger partial charge in [0.25, 0.3) is 5.56 Å². The molecule has 0 saturated carbocycles. The van der Waals surface area contributed by atoms with Crippen molar-refractivity contribution in [1.29, 1.82) is 10.5 Å². The third-order valence-corrected chi connectivity index (χ3v) is 7.02. The number of nitrogens with zero attached hydrogens (tertiary/aromatic N) is 5. The Labute approximate surface area is 171 Å². The minimum absolute atomic E-state index is 0.0508. The maximum absolute atomic E-state index is 12.9. The summed E-state index contributed by atoms with van der Waals surface area (Å²) < 4.78 is 1.52. The van der Waals surface area contributed by atoms with Crippen LogP contribution in [0.15, 0.2) is 9.95 Å². The number of thiophene rings is 1. The molecule has 0 spiro atoms. The lowest BCUT2D eigenvalue weighted by molar-refractivity contribution is -0.128. The highest BCUT2D eigenvalue weighted by atomic mass is 32.2. The molecule has 0 saturated heterocycles. The van der Waals surface area contributed by atoms with Crippen molar-refractivity contribution in [3.05, 3.63) is 20.8 Å². The molecule has 28 heavy (non-hydrogen) atoms. The molecule has 0 unspecified atom stereocenters. The summed E-state index contributed by atoms with van der Waals surface area (Å²) in [6, 6.07) is 4.05. The van der Waals surface area contributed by atoms with E-state index in [-0.39, 0.29) is 30.1 Å². The summed E-state index contributed by atoms with van der Waals surface area (Å²) in [7, 11) is 1.69. The second-order valence-corrected chi connectivity index (χ2v) is 8.66. The largest absolute Gasteiger partial charge is 0.340 e. The zero-order valence-corrected chi connectivity index (χ0v) is 17.4. The number of fused-ring (bicyclic) bond motifs is 3. The maximum Gasteiger partial charge on any atom is 0.262 e. The molecule has 2 heterocycles. The molecule has 0 atom stereocenters. The fraction of sp³-hybridized carbons (Fsp3) is 0.526. The molecule has 0 aliphatic heterocycles. The van der Waals surface area contributed by atoms with Crippen LogP contribution in [-0.2, 0) is 24.7 Å². The van der Waals surface area contributed by atoms with Gasteiger partial charge in [0.2, 0.25) is 5.91 Å². The Hall–Kier alpha value is -2.36. The van der Waals surface area contributed by atoms with Gasteiger partial charge in [-0.25, -0.2) is 4.98 Å². The van der Waals surface area contributed by atoms with Crippen molar-refractivity contribution < 1.29 is 4.79 Å². The molecule has 9 heteroatoms. The molecule has 1 aliphatic carbocycles. The number of hydrogen-bond donors (Lipinski definition) is 0. The summed E-state index contributed by atoms with van der Waals surface area (Å²) in [5, 5.41) is 18.8. The summed E-state index contributed by atoms with van der Waals surface area (Å²) >= 11 is 2.82. The van der Waals surface area contributed by atoms with E-state index in [0.717, 1.165) is 41.5 Å². The number of thioether (sulfide) groups is 1. The predicted molar refractivity (Wildman–Crippen MR) is 109 cm³/mol. The normalized spacial score (nSPS) is 13.0. The number of aryl methyl sites for hydroxylation is 2. The number of amides is 1. The third-order valence-electron chi connectivity index (χ3n) is 4.82. The van der Waals surface area contributed by atoms with Gasteiger partial charge >= 0.3 is 0 Å². The number of rotatable bonds is 7. The van der Waals surface area contributed by atoms with Crippen LogP contribution >= 0.6 is 23.1 Å². The van der Waals surface area contributed by atoms with Crippen molar-refractivity contribution >= 4 is 39.2 Å². The third kappa shape index (κ3) is 4.21. The predicted octanol–water partition coefficient (Wildman–Crippen LogP) is 2.62. The number of hydrogen-bond acceptors (Lipinski definition) is 7. The topological polar surface area (TPSA) is 103 Å². The zero-order valence-electron chi connectivity index (χ0n) is 15.7. The Kier molecular flexibility index (Phi) is 6.71. The molecular weight excluding hydrogens is 394 g/mol. The molecule has 2 aromatic rings. The second-order valence-electron chi connectivity index (χ2n) is 6.64. The zero-order chi connectivity index (χ0) is 20.1. The lowest BCUT2D eigenvalue weighted by Gasteiger charge is -2.20. The van der Waals surface area contributed by atoms with Gasteiger partial charge in [-0.05, 0) is 31.2 Å². The molecule has 2 aromatic heterocycles. The van der Waals surface area contributed by atoms with Crippen molar-refractivity contribution in [1.82, 2.24) is 14.5 Å². The molecule has 0 aromatic carbocycles. The average Bonchev–Trinajstić information content (AvgIpc) is 3.08. The van der Waals surface area contributed by atoms with Crippen molar-refractivity contribution in [2.24, 2.45) is 7.05 Å². The van der Waals surface area contributed by atoms with Gasteiger partial charge in [-0.1, -0.05) is 11.8 Å². The average molecular weight is 416 g/mol. The molecule has 0 radical (unpaired) electrons. The van der Waals surface area contributed by atoms with Crippen LogP contribution in [0.3, 0.4) is 0 Å². The second kappa shape index (κ2) is 9.22. The Morgan fingerprint density at radius 3 is 2.61 bits per heavy atom. The van der Waals surface area contributed by atoms with Crippen molar-refractivity contribution in [2.75, 3.05) is 18.8 Å². The Balaban J connectivity index is 1.79. The van der Waals surface area contributed by atoms with Gasteiger partial charge < -0.3 is 4.90 Å². The quantitative estimate of drug-likeness (QED) is 0.509. The monoisotopic (exact) mass is 415 g/mol. The van der Waals surface area contributed by atoms with E-state index in [1.165, 1.54) is 26.1 Å². The van der Waals surface area contributed by atoms with E-state index in [0.29, 0.717) is 18.2 Å². The highest BCUT2D eigenvalue weighted by Gasteiger charge is 2.22. The summed E-state index contributed by atoms with van der Waals surface area (Å²) in [5.41, 5.74) is 1.11. The Morgan fingerprint density at radius 1 is 1.25 bits per heavy atom. The highest BCUT2D eigenvalue weighted by Crippen LogP contribution is 2.34. The first-order valence-electron chi connectivity index (χ1n) is 9.22. The van der Waals surface area contributed by atoms with Crippen LogP contribution in [0.25, 0.3) is 10.2 Å². The van der Waals surface area contributed by atoms with E-state index < -0.39 is 0 Å². The van der Waals surface area contributed by atoms with Gasteiger partial charge in [-0.3, -0.25) is 14.2 Å². The molecule has 0 N–H and O–H groups in total. The summed E-state index contributed by atoms with van der Waals surface area (Å²) in [4.78, 5) is 33.6.